The van der Waals surface area contributed by atoms with Gasteiger partial charge in [0.2, 0.25) is 0 Å². The minimum atomic E-state index is -0.168. The number of aromatic nitrogens is 1. The molecular weight excluding hydrogens is 370 g/mol. The second-order valence-electron chi connectivity index (χ2n) is 5.32. The molecule has 0 atom stereocenters. The van der Waals surface area contributed by atoms with Gasteiger partial charge in [-0.1, -0.05) is 6.07 Å². The predicted octanol–water partition coefficient (Wildman–Crippen LogP) is 3.94. The van der Waals surface area contributed by atoms with E-state index in [0.29, 0.717) is 28.9 Å². The van der Waals surface area contributed by atoms with Crippen molar-refractivity contribution in [3.8, 4) is 11.5 Å². The van der Waals surface area contributed by atoms with Crippen LogP contribution in [0.3, 0.4) is 0 Å². The van der Waals surface area contributed by atoms with Crippen molar-refractivity contribution in [1.29, 1.82) is 0 Å². The fraction of sp³-hybridized carbons (Fsp3) is 0.222. The molecule has 0 radical (unpaired) electrons. The minimum Gasteiger partial charge on any atom is -0.493 e. The van der Waals surface area contributed by atoms with Crippen molar-refractivity contribution in [3.05, 3.63) is 51.7 Å². The number of benzene rings is 1. The summed E-state index contributed by atoms with van der Waals surface area (Å²) in [6.07, 6.45) is 0.824. The van der Waals surface area contributed by atoms with E-state index in [1.54, 1.807) is 30.9 Å². The highest BCUT2D eigenvalue weighted by atomic mass is 32.1. The van der Waals surface area contributed by atoms with Crippen LogP contribution in [0.15, 0.2) is 41.1 Å². The van der Waals surface area contributed by atoms with Crippen molar-refractivity contribution in [2.45, 2.75) is 6.42 Å². The van der Waals surface area contributed by atoms with E-state index in [-0.39, 0.29) is 5.91 Å². The number of nitrogens with zero attached hydrogens (tertiary/aromatic N) is 1. The van der Waals surface area contributed by atoms with Crippen molar-refractivity contribution in [2.75, 3.05) is 26.1 Å². The molecule has 6 nitrogen and oxygen atoms in total. The Bertz CT molecular complexity index is 862. The number of hydrogen-bond donors (Lipinski definition) is 2. The van der Waals surface area contributed by atoms with Gasteiger partial charge in [-0.25, -0.2) is 4.98 Å². The zero-order valence-electron chi connectivity index (χ0n) is 14.4. The molecule has 2 heterocycles. The number of rotatable bonds is 8. The number of thiophene rings is 1. The van der Waals surface area contributed by atoms with Gasteiger partial charge in [-0.2, -0.15) is 0 Å². The first-order valence-electron chi connectivity index (χ1n) is 7.94. The number of hydrogen-bond acceptors (Lipinski definition) is 7. The summed E-state index contributed by atoms with van der Waals surface area (Å²) in [7, 11) is 3.18. The highest BCUT2D eigenvalue weighted by Gasteiger charge is 2.11. The molecule has 0 bridgehead atoms. The Balaban J connectivity index is 1.58. The molecule has 0 aliphatic heterocycles. The SMILES string of the molecule is COc1ccc(Nc2nc(C(=O)NCCc3cccs3)cs2)cc1OC. The van der Waals surface area contributed by atoms with Crippen LogP contribution in [0.5, 0.6) is 11.5 Å². The summed E-state index contributed by atoms with van der Waals surface area (Å²) < 4.78 is 10.5. The third-order valence-electron chi connectivity index (χ3n) is 3.61. The highest BCUT2D eigenvalue weighted by Crippen LogP contribution is 2.31. The van der Waals surface area contributed by atoms with Gasteiger partial charge in [0.1, 0.15) is 5.69 Å². The molecule has 0 saturated heterocycles. The Morgan fingerprint density at radius 2 is 2.00 bits per heavy atom. The van der Waals surface area contributed by atoms with Crippen LogP contribution in [-0.2, 0) is 6.42 Å². The van der Waals surface area contributed by atoms with Gasteiger partial charge in [0, 0.05) is 28.6 Å². The van der Waals surface area contributed by atoms with Gasteiger partial charge >= 0.3 is 0 Å². The first-order valence-corrected chi connectivity index (χ1v) is 9.70. The molecule has 136 valence electrons. The number of carbonyl (C=O) groups is 1. The summed E-state index contributed by atoms with van der Waals surface area (Å²) in [5, 5.41) is 10.5. The number of nitrogens with one attached hydrogen (secondary N) is 2. The van der Waals surface area contributed by atoms with Crippen molar-refractivity contribution in [3.63, 3.8) is 0 Å². The smallest absolute Gasteiger partial charge is 0.270 e. The number of anilines is 2. The number of carbonyl (C=O) groups excluding carboxylic acids is 1. The molecule has 8 heteroatoms. The van der Waals surface area contributed by atoms with Crippen LogP contribution < -0.4 is 20.1 Å². The molecule has 0 saturated carbocycles. The number of amides is 1. The van der Waals surface area contributed by atoms with Crippen LogP contribution in [0.4, 0.5) is 10.8 Å². The molecule has 1 aromatic carbocycles. The Hall–Kier alpha value is -2.58. The fourth-order valence-electron chi connectivity index (χ4n) is 2.32. The number of methoxy groups -OCH3 is 2. The molecule has 0 aliphatic rings. The lowest BCUT2D eigenvalue weighted by Gasteiger charge is -2.09. The maximum atomic E-state index is 12.2. The summed E-state index contributed by atoms with van der Waals surface area (Å²) in [6, 6.07) is 9.57. The van der Waals surface area contributed by atoms with Crippen LogP contribution in [0.2, 0.25) is 0 Å². The van der Waals surface area contributed by atoms with Crippen molar-refractivity contribution >= 4 is 39.4 Å². The zero-order valence-corrected chi connectivity index (χ0v) is 16.1. The Kier molecular flexibility index (Phi) is 6.08. The van der Waals surface area contributed by atoms with Crippen LogP contribution in [0, 0.1) is 0 Å². The largest absolute Gasteiger partial charge is 0.493 e. The Morgan fingerprint density at radius 3 is 2.73 bits per heavy atom. The molecule has 3 aromatic rings. The number of ether oxygens (including phenoxy) is 2. The summed E-state index contributed by atoms with van der Waals surface area (Å²) in [6.45, 7) is 0.593. The average Bonchev–Trinajstić information content (AvgIpc) is 3.33. The Labute approximate surface area is 159 Å². The van der Waals surface area contributed by atoms with Gasteiger partial charge < -0.3 is 20.1 Å². The molecule has 0 spiro atoms. The molecule has 2 N–H and O–H groups in total. The summed E-state index contributed by atoms with van der Waals surface area (Å²) >= 11 is 3.06. The van der Waals surface area contributed by atoms with Gasteiger partial charge in [0.15, 0.2) is 16.6 Å². The lowest BCUT2D eigenvalue weighted by Crippen LogP contribution is -2.25. The van der Waals surface area contributed by atoms with Crippen molar-refractivity contribution in [2.24, 2.45) is 0 Å². The zero-order chi connectivity index (χ0) is 18.4. The van der Waals surface area contributed by atoms with E-state index in [1.165, 1.54) is 16.2 Å². The van der Waals surface area contributed by atoms with Crippen LogP contribution >= 0.6 is 22.7 Å². The van der Waals surface area contributed by atoms with Gasteiger partial charge in [0.05, 0.1) is 14.2 Å². The minimum absolute atomic E-state index is 0.168. The summed E-state index contributed by atoms with van der Waals surface area (Å²) in [5.74, 6) is 1.11. The molecule has 1 amide bonds. The first-order chi connectivity index (χ1) is 12.7. The van der Waals surface area contributed by atoms with Gasteiger partial charge in [-0.05, 0) is 30.0 Å². The lowest BCUT2D eigenvalue weighted by atomic mass is 10.3. The molecule has 0 unspecified atom stereocenters. The molecule has 0 fully saturated rings. The average molecular weight is 390 g/mol. The maximum absolute atomic E-state index is 12.2. The van der Waals surface area contributed by atoms with E-state index in [2.05, 4.69) is 21.7 Å². The normalized spacial score (nSPS) is 10.4. The summed E-state index contributed by atoms with van der Waals surface area (Å²) in [5.41, 5.74) is 1.21. The number of thiazole rings is 1. The predicted molar refractivity (Wildman–Crippen MR) is 105 cm³/mol. The third-order valence-corrected chi connectivity index (χ3v) is 5.30. The molecule has 3 rings (SSSR count). The van der Waals surface area contributed by atoms with E-state index in [9.17, 15) is 4.79 Å². The molecule has 2 aromatic heterocycles. The van der Waals surface area contributed by atoms with Gasteiger partial charge in [-0.3, -0.25) is 4.79 Å². The monoisotopic (exact) mass is 389 g/mol. The van der Waals surface area contributed by atoms with Gasteiger partial charge in [-0.15, -0.1) is 22.7 Å². The topological polar surface area (TPSA) is 72.5 Å². The van der Waals surface area contributed by atoms with Gasteiger partial charge in [0.25, 0.3) is 5.91 Å². The first kappa shape index (κ1) is 18.2. The van der Waals surface area contributed by atoms with Crippen molar-refractivity contribution in [1.82, 2.24) is 10.3 Å². The molecule has 0 aliphatic carbocycles. The fourth-order valence-corrected chi connectivity index (χ4v) is 3.74. The quantitative estimate of drug-likeness (QED) is 0.611. The van der Waals surface area contributed by atoms with Crippen LogP contribution in [0.1, 0.15) is 15.4 Å². The third kappa shape index (κ3) is 4.53. The van der Waals surface area contributed by atoms with E-state index in [4.69, 9.17) is 9.47 Å². The molecule has 26 heavy (non-hydrogen) atoms. The van der Waals surface area contributed by atoms with E-state index in [1.807, 2.05) is 29.6 Å². The standard InChI is InChI=1S/C18H19N3O3S2/c1-23-15-6-5-12(10-16(15)24-2)20-18-21-14(11-26-18)17(22)19-8-7-13-4-3-9-25-13/h3-6,9-11H,7-8H2,1-2H3,(H,19,22)(H,20,21). The van der Waals surface area contributed by atoms with Crippen molar-refractivity contribution < 1.29 is 14.3 Å². The highest BCUT2D eigenvalue weighted by molar-refractivity contribution is 7.14. The lowest BCUT2D eigenvalue weighted by molar-refractivity contribution is 0.0950. The second-order valence-corrected chi connectivity index (χ2v) is 7.21. The maximum Gasteiger partial charge on any atom is 0.270 e. The van der Waals surface area contributed by atoms with Crippen LogP contribution in [0.25, 0.3) is 0 Å². The molecular formula is C18H19N3O3S2. The van der Waals surface area contributed by atoms with Crippen LogP contribution in [-0.4, -0.2) is 31.7 Å². The van der Waals surface area contributed by atoms with E-state index in [0.717, 1.165) is 12.1 Å². The van der Waals surface area contributed by atoms with E-state index >= 15 is 0 Å². The second kappa shape index (κ2) is 8.68. The van der Waals surface area contributed by atoms with E-state index < -0.39 is 0 Å². The Morgan fingerprint density at radius 1 is 1.15 bits per heavy atom. The summed E-state index contributed by atoms with van der Waals surface area (Å²) in [4.78, 5) is 17.8.